The Hall–Kier alpha value is -0.970. The van der Waals surface area contributed by atoms with Crippen LogP contribution in [0.15, 0.2) is 12.2 Å². The summed E-state index contributed by atoms with van der Waals surface area (Å²) in [4.78, 5) is 13.4. The van der Waals surface area contributed by atoms with Crippen LogP contribution >= 0.6 is 0 Å². The smallest absolute Gasteiger partial charge is 0.330 e. The highest BCUT2D eigenvalue weighted by Gasteiger charge is 2.33. The largest absolute Gasteiger partial charge is 0.457 e. The molecule has 0 unspecified atom stereocenters. The summed E-state index contributed by atoms with van der Waals surface area (Å²) in [5.74, 6) is -2.86. The first-order valence-corrected chi connectivity index (χ1v) is 6.68. The lowest BCUT2D eigenvalue weighted by molar-refractivity contribution is -0.148. The van der Waals surface area contributed by atoms with Crippen molar-refractivity contribution in [1.82, 2.24) is 4.90 Å². The van der Waals surface area contributed by atoms with Gasteiger partial charge in [0, 0.05) is 38.6 Å². The third-order valence-electron chi connectivity index (χ3n) is 2.86. The number of carbonyl (C=O) groups is 1. The van der Waals surface area contributed by atoms with E-state index < -0.39 is 11.5 Å². The van der Waals surface area contributed by atoms with Crippen molar-refractivity contribution in [3.8, 4) is 0 Å². The van der Waals surface area contributed by atoms with Gasteiger partial charge in [-0.25, -0.2) is 13.6 Å². The van der Waals surface area contributed by atoms with E-state index in [0.717, 1.165) is 0 Å². The van der Waals surface area contributed by atoms with Gasteiger partial charge in [-0.1, -0.05) is 6.08 Å². The summed E-state index contributed by atoms with van der Waals surface area (Å²) in [6.07, 6.45) is 3.68. The molecule has 0 bridgehead atoms. The number of piperidine rings is 1. The van der Waals surface area contributed by atoms with Crippen LogP contribution in [0.3, 0.4) is 0 Å². The zero-order valence-electron chi connectivity index (χ0n) is 11.9. The summed E-state index contributed by atoms with van der Waals surface area (Å²) >= 11 is 0. The summed E-state index contributed by atoms with van der Waals surface area (Å²) < 4.78 is 31.0. The second-order valence-corrected chi connectivity index (χ2v) is 5.92. The number of hydrogen-bond acceptors (Lipinski definition) is 3. The molecule has 110 valence electrons. The highest BCUT2D eigenvalue weighted by atomic mass is 19.3. The average Bonchev–Trinajstić information content (AvgIpc) is 2.24. The summed E-state index contributed by atoms with van der Waals surface area (Å²) in [6, 6.07) is 0. The predicted molar refractivity (Wildman–Crippen MR) is 70.2 cm³/mol. The maximum absolute atomic E-state index is 12.9. The first-order chi connectivity index (χ1) is 8.68. The van der Waals surface area contributed by atoms with Gasteiger partial charge in [0.2, 0.25) is 0 Å². The van der Waals surface area contributed by atoms with Crippen LogP contribution in [-0.4, -0.2) is 42.0 Å². The second-order valence-electron chi connectivity index (χ2n) is 5.92. The van der Waals surface area contributed by atoms with Gasteiger partial charge in [0.1, 0.15) is 5.60 Å². The first kappa shape index (κ1) is 16.1. The third kappa shape index (κ3) is 7.25. The van der Waals surface area contributed by atoms with Crippen molar-refractivity contribution in [3.05, 3.63) is 12.2 Å². The molecule has 0 aromatic rings. The molecule has 1 fully saturated rings. The van der Waals surface area contributed by atoms with E-state index in [2.05, 4.69) is 0 Å². The molecule has 1 aliphatic heterocycles. The maximum Gasteiger partial charge on any atom is 0.330 e. The van der Waals surface area contributed by atoms with Crippen LogP contribution in [0.4, 0.5) is 8.78 Å². The van der Waals surface area contributed by atoms with Crippen molar-refractivity contribution in [2.45, 2.75) is 51.6 Å². The molecule has 1 saturated heterocycles. The van der Waals surface area contributed by atoms with Crippen LogP contribution < -0.4 is 0 Å². The van der Waals surface area contributed by atoms with E-state index >= 15 is 0 Å². The Kier molecular flexibility index (Phi) is 5.47. The monoisotopic (exact) mass is 275 g/mol. The lowest BCUT2D eigenvalue weighted by atomic mass is 10.1. The Morgan fingerprint density at radius 2 is 1.89 bits per heavy atom. The topological polar surface area (TPSA) is 29.5 Å². The normalized spacial score (nSPS) is 20.7. The van der Waals surface area contributed by atoms with Gasteiger partial charge in [-0.2, -0.15) is 0 Å². The van der Waals surface area contributed by atoms with Gasteiger partial charge in [-0.05, 0) is 27.2 Å². The molecule has 0 amide bonds. The third-order valence-corrected chi connectivity index (χ3v) is 2.86. The second kappa shape index (κ2) is 6.46. The van der Waals surface area contributed by atoms with Crippen LogP contribution in [0, 0.1) is 0 Å². The van der Waals surface area contributed by atoms with E-state index in [0.29, 0.717) is 26.1 Å². The van der Waals surface area contributed by atoms with E-state index in [4.69, 9.17) is 4.74 Å². The molecule has 5 heteroatoms. The molecule has 0 aromatic heterocycles. The fraction of sp³-hybridized carbons (Fsp3) is 0.786. The van der Waals surface area contributed by atoms with Crippen molar-refractivity contribution in [3.63, 3.8) is 0 Å². The summed E-state index contributed by atoms with van der Waals surface area (Å²) in [5.41, 5.74) is -0.486. The van der Waals surface area contributed by atoms with Crippen molar-refractivity contribution in [1.29, 1.82) is 0 Å². The number of alkyl halides is 2. The zero-order chi connectivity index (χ0) is 14.5. The fourth-order valence-corrected chi connectivity index (χ4v) is 1.88. The van der Waals surface area contributed by atoms with Gasteiger partial charge >= 0.3 is 5.97 Å². The van der Waals surface area contributed by atoms with E-state index in [9.17, 15) is 13.6 Å². The Bertz CT molecular complexity index is 325. The summed E-state index contributed by atoms with van der Waals surface area (Å²) in [5, 5.41) is 0. The number of carbonyl (C=O) groups excluding carboxylic acids is 1. The molecular formula is C14H23F2NO2. The van der Waals surface area contributed by atoms with Crippen LogP contribution in [0.25, 0.3) is 0 Å². The van der Waals surface area contributed by atoms with Crippen LogP contribution in [0.2, 0.25) is 0 Å². The molecule has 1 heterocycles. The number of ether oxygens (including phenoxy) is 1. The van der Waals surface area contributed by atoms with Crippen molar-refractivity contribution >= 4 is 5.97 Å². The number of halogens is 2. The lowest BCUT2D eigenvalue weighted by Crippen LogP contribution is -2.39. The average molecular weight is 275 g/mol. The number of rotatable bonds is 4. The minimum atomic E-state index is -2.50. The molecule has 0 saturated carbocycles. The van der Waals surface area contributed by atoms with E-state index in [1.165, 1.54) is 6.08 Å². The first-order valence-electron chi connectivity index (χ1n) is 6.68. The van der Waals surface area contributed by atoms with Crippen LogP contribution in [0.5, 0.6) is 0 Å². The zero-order valence-corrected chi connectivity index (χ0v) is 11.9. The fourth-order valence-electron chi connectivity index (χ4n) is 1.88. The Morgan fingerprint density at radius 3 is 2.42 bits per heavy atom. The number of likely N-dealkylation sites (tertiary alicyclic amines) is 1. The van der Waals surface area contributed by atoms with E-state index in [-0.39, 0.29) is 18.8 Å². The van der Waals surface area contributed by atoms with Crippen LogP contribution in [-0.2, 0) is 9.53 Å². The summed E-state index contributed by atoms with van der Waals surface area (Å²) in [6.45, 7) is 6.99. The molecule has 0 radical (unpaired) electrons. The van der Waals surface area contributed by atoms with Gasteiger partial charge in [-0.3, -0.25) is 0 Å². The van der Waals surface area contributed by atoms with Gasteiger partial charge in [0.15, 0.2) is 0 Å². The molecule has 3 nitrogen and oxygen atoms in total. The number of esters is 1. The minimum absolute atomic E-state index is 0.0667. The maximum atomic E-state index is 12.9. The molecule has 0 atom stereocenters. The van der Waals surface area contributed by atoms with Gasteiger partial charge in [-0.15, -0.1) is 0 Å². The molecule has 0 aromatic carbocycles. The quantitative estimate of drug-likeness (QED) is 0.583. The SMILES string of the molecule is CC(C)(C)OC(=O)C=CCCN1CCC(F)(F)CC1. The van der Waals surface area contributed by atoms with E-state index in [1.54, 1.807) is 6.08 Å². The van der Waals surface area contributed by atoms with Crippen molar-refractivity contribution in [2.75, 3.05) is 19.6 Å². The van der Waals surface area contributed by atoms with Gasteiger partial charge in [0.25, 0.3) is 5.92 Å². The van der Waals surface area contributed by atoms with Crippen molar-refractivity contribution in [2.24, 2.45) is 0 Å². The summed E-state index contributed by atoms with van der Waals surface area (Å²) in [7, 11) is 0. The predicted octanol–water partition coefficient (Wildman–Crippen LogP) is 3.01. The number of nitrogens with zero attached hydrogens (tertiary/aromatic N) is 1. The highest BCUT2D eigenvalue weighted by molar-refractivity contribution is 5.82. The number of hydrogen-bond donors (Lipinski definition) is 0. The Morgan fingerprint density at radius 1 is 1.32 bits per heavy atom. The molecule has 1 aliphatic rings. The molecule has 19 heavy (non-hydrogen) atoms. The van der Waals surface area contributed by atoms with Gasteiger partial charge < -0.3 is 9.64 Å². The standard InChI is InChI=1S/C14H23F2NO2/c1-13(2,3)19-12(18)6-4-5-9-17-10-7-14(15,16)8-11-17/h4,6H,5,7-11H2,1-3H3. The van der Waals surface area contributed by atoms with Gasteiger partial charge in [0.05, 0.1) is 0 Å². The van der Waals surface area contributed by atoms with E-state index in [1.807, 2.05) is 25.7 Å². The lowest BCUT2D eigenvalue weighted by Gasteiger charge is -2.31. The molecule has 0 aliphatic carbocycles. The minimum Gasteiger partial charge on any atom is -0.457 e. The highest BCUT2D eigenvalue weighted by Crippen LogP contribution is 2.27. The molecule has 0 spiro atoms. The Labute approximate surface area is 113 Å². The molecule has 0 N–H and O–H groups in total. The molecule has 1 rings (SSSR count). The van der Waals surface area contributed by atoms with Crippen molar-refractivity contribution < 1.29 is 18.3 Å². The molecular weight excluding hydrogens is 252 g/mol. The Balaban J connectivity index is 2.19. The van der Waals surface area contributed by atoms with Crippen LogP contribution in [0.1, 0.15) is 40.0 Å².